The van der Waals surface area contributed by atoms with Gasteiger partial charge in [-0.1, -0.05) is 74.5 Å². The Balaban J connectivity index is 1.31. The van der Waals surface area contributed by atoms with Crippen LogP contribution in [0.25, 0.3) is 71.7 Å². The van der Waals surface area contributed by atoms with E-state index >= 15 is 0 Å². The van der Waals surface area contributed by atoms with Crippen molar-refractivity contribution in [2.45, 2.75) is 19.3 Å². The van der Waals surface area contributed by atoms with Crippen LogP contribution in [0, 0.1) is 0 Å². The summed E-state index contributed by atoms with van der Waals surface area (Å²) in [5.41, 5.74) is 11.5. The molecule has 5 aromatic carbocycles. The van der Waals surface area contributed by atoms with Crippen LogP contribution < -0.4 is 5.43 Å². The van der Waals surface area contributed by atoms with Crippen molar-refractivity contribution in [1.29, 1.82) is 0 Å². The van der Waals surface area contributed by atoms with E-state index < -0.39 is 0 Å². The van der Waals surface area contributed by atoms with Gasteiger partial charge < -0.3 is 8.98 Å². The van der Waals surface area contributed by atoms with Gasteiger partial charge in [0, 0.05) is 33.6 Å². The van der Waals surface area contributed by atoms with E-state index in [1.54, 1.807) is 0 Å². The number of fused-ring (bicyclic) bond motifs is 8. The molecule has 0 saturated heterocycles. The fourth-order valence-electron chi connectivity index (χ4n) is 7.20. The summed E-state index contributed by atoms with van der Waals surface area (Å²) in [7, 11) is 0. The van der Waals surface area contributed by atoms with Crippen LogP contribution in [-0.2, 0) is 5.41 Å². The average Bonchev–Trinajstić information content (AvgIpc) is 3.48. The van der Waals surface area contributed by atoms with Crippen molar-refractivity contribution < 1.29 is 4.42 Å². The van der Waals surface area contributed by atoms with Gasteiger partial charge in [-0.3, -0.25) is 9.78 Å². The van der Waals surface area contributed by atoms with Gasteiger partial charge in [0.05, 0.1) is 28.0 Å². The van der Waals surface area contributed by atoms with Crippen LogP contribution in [0.3, 0.4) is 0 Å². The minimum Gasteiger partial charge on any atom is -0.455 e. The molecule has 0 spiro atoms. The number of rotatable bonds is 2. The van der Waals surface area contributed by atoms with Gasteiger partial charge in [-0.05, 0) is 76.3 Å². The highest BCUT2D eigenvalue weighted by Gasteiger charge is 2.36. The number of hydrogen-bond donors (Lipinski definition) is 0. The molecule has 8 aromatic rings. The molecule has 1 aliphatic carbocycles. The molecule has 204 valence electrons. The van der Waals surface area contributed by atoms with E-state index in [0.717, 1.165) is 27.8 Å². The molecule has 0 saturated carbocycles. The van der Waals surface area contributed by atoms with E-state index in [1.165, 1.54) is 33.0 Å². The molecule has 0 N–H and O–H groups in total. The van der Waals surface area contributed by atoms with Crippen LogP contribution in [0.1, 0.15) is 25.0 Å². The Labute approximate surface area is 247 Å². The van der Waals surface area contributed by atoms with Crippen molar-refractivity contribution in [2.24, 2.45) is 0 Å². The topological polar surface area (TPSA) is 48.0 Å². The average molecular weight is 555 g/mol. The van der Waals surface area contributed by atoms with E-state index in [9.17, 15) is 4.79 Å². The molecule has 0 unspecified atom stereocenters. The van der Waals surface area contributed by atoms with E-state index in [4.69, 9.17) is 4.42 Å². The van der Waals surface area contributed by atoms with Crippen LogP contribution >= 0.6 is 0 Å². The maximum absolute atomic E-state index is 13.4. The summed E-state index contributed by atoms with van der Waals surface area (Å²) >= 11 is 0. The Morgan fingerprint density at radius 2 is 1.44 bits per heavy atom. The normalized spacial score (nSPS) is 13.6. The van der Waals surface area contributed by atoms with Gasteiger partial charge in [-0.2, -0.15) is 0 Å². The summed E-state index contributed by atoms with van der Waals surface area (Å²) in [5.74, 6) is 0. The van der Waals surface area contributed by atoms with Crippen molar-refractivity contribution in [3.8, 4) is 27.9 Å². The first-order valence-corrected chi connectivity index (χ1v) is 14.6. The maximum Gasteiger partial charge on any atom is 0.200 e. The molecule has 4 nitrogen and oxygen atoms in total. The summed E-state index contributed by atoms with van der Waals surface area (Å²) in [6.07, 6.45) is 3.83. The minimum absolute atomic E-state index is 0.0135. The molecule has 1 aliphatic rings. The summed E-state index contributed by atoms with van der Waals surface area (Å²) in [6.45, 7) is 4.64. The fraction of sp³-hybridized carbons (Fsp3) is 0.0769. The maximum atomic E-state index is 13.4. The lowest BCUT2D eigenvalue weighted by Gasteiger charge is -2.21. The molecular weight excluding hydrogens is 528 g/mol. The lowest BCUT2D eigenvalue weighted by atomic mass is 9.82. The third kappa shape index (κ3) is 3.26. The zero-order chi connectivity index (χ0) is 28.9. The second kappa shape index (κ2) is 8.52. The smallest absolute Gasteiger partial charge is 0.200 e. The van der Waals surface area contributed by atoms with Crippen LogP contribution in [0.15, 0.2) is 131 Å². The summed E-state index contributed by atoms with van der Waals surface area (Å²) in [4.78, 5) is 17.9. The highest BCUT2D eigenvalue weighted by molar-refractivity contribution is 6.11. The number of pyridine rings is 1. The third-order valence-electron chi connectivity index (χ3n) is 9.29. The fourth-order valence-corrected chi connectivity index (χ4v) is 7.20. The monoisotopic (exact) mass is 554 g/mol. The predicted octanol–water partition coefficient (Wildman–Crippen LogP) is 9.41. The van der Waals surface area contributed by atoms with Crippen molar-refractivity contribution in [3.05, 3.63) is 143 Å². The molecule has 0 fully saturated rings. The molecule has 0 bridgehead atoms. The van der Waals surface area contributed by atoms with Gasteiger partial charge in [0.25, 0.3) is 0 Å². The lowest BCUT2D eigenvalue weighted by Crippen LogP contribution is -2.14. The van der Waals surface area contributed by atoms with E-state index in [0.29, 0.717) is 21.9 Å². The molecule has 0 radical (unpaired) electrons. The molecule has 4 heteroatoms. The van der Waals surface area contributed by atoms with Crippen LogP contribution in [0.5, 0.6) is 0 Å². The molecule has 3 heterocycles. The van der Waals surface area contributed by atoms with Gasteiger partial charge in [-0.25, -0.2) is 0 Å². The second-order valence-corrected chi connectivity index (χ2v) is 12.0. The SMILES string of the molecule is CC1(C)c2ccccc2-c2cc3c(cc21)c1ccncc1n3-c1cccc(-c2cccc3c(=O)c4ccccc4oc23)c1. The Bertz CT molecular complexity index is 2510. The van der Waals surface area contributed by atoms with Crippen molar-refractivity contribution in [3.63, 3.8) is 0 Å². The Morgan fingerprint density at radius 1 is 0.651 bits per heavy atom. The van der Waals surface area contributed by atoms with Crippen LogP contribution in [0.2, 0.25) is 0 Å². The first kappa shape index (κ1) is 24.2. The van der Waals surface area contributed by atoms with Crippen LogP contribution in [-0.4, -0.2) is 9.55 Å². The number of hydrogen-bond acceptors (Lipinski definition) is 3. The number of para-hydroxylation sites is 2. The van der Waals surface area contributed by atoms with Crippen LogP contribution in [0.4, 0.5) is 0 Å². The Morgan fingerprint density at radius 3 is 2.37 bits per heavy atom. The lowest BCUT2D eigenvalue weighted by molar-refractivity contribution is 0.661. The number of aromatic nitrogens is 2. The zero-order valence-corrected chi connectivity index (χ0v) is 23.8. The highest BCUT2D eigenvalue weighted by atomic mass is 16.3. The predicted molar refractivity (Wildman–Crippen MR) is 175 cm³/mol. The van der Waals surface area contributed by atoms with Gasteiger partial charge in [-0.15, -0.1) is 0 Å². The highest BCUT2D eigenvalue weighted by Crippen LogP contribution is 2.51. The van der Waals surface area contributed by atoms with Gasteiger partial charge in [0.2, 0.25) is 5.43 Å². The van der Waals surface area contributed by atoms with E-state index in [-0.39, 0.29) is 10.8 Å². The quantitative estimate of drug-likeness (QED) is 0.200. The molecule has 0 atom stereocenters. The van der Waals surface area contributed by atoms with Gasteiger partial charge in [0.1, 0.15) is 11.2 Å². The summed E-state index contributed by atoms with van der Waals surface area (Å²) in [5, 5.41) is 3.56. The molecule has 0 aliphatic heterocycles. The zero-order valence-electron chi connectivity index (χ0n) is 23.8. The summed E-state index contributed by atoms with van der Waals surface area (Å²) < 4.78 is 8.68. The van der Waals surface area contributed by atoms with Gasteiger partial charge >= 0.3 is 0 Å². The second-order valence-electron chi connectivity index (χ2n) is 12.0. The molecule has 43 heavy (non-hydrogen) atoms. The third-order valence-corrected chi connectivity index (χ3v) is 9.29. The van der Waals surface area contributed by atoms with Crippen molar-refractivity contribution in [2.75, 3.05) is 0 Å². The van der Waals surface area contributed by atoms with Gasteiger partial charge in [0.15, 0.2) is 0 Å². The minimum atomic E-state index is -0.0794. The molecule has 3 aromatic heterocycles. The Kier molecular flexibility index (Phi) is 4.79. The first-order valence-electron chi connectivity index (χ1n) is 14.6. The van der Waals surface area contributed by atoms with Crippen molar-refractivity contribution >= 4 is 43.7 Å². The Hall–Kier alpha value is -5.48. The van der Waals surface area contributed by atoms with Crippen molar-refractivity contribution in [1.82, 2.24) is 9.55 Å². The first-order chi connectivity index (χ1) is 21.0. The molecule has 9 rings (SSSR count). The summed E-state index contributed by atoms with van der Waals surface area (Å²) in [6, 6.07) is 37.3. The number of nitrogens with zero attached hydrogens (tertiary/aromatic N) is 2. The van der Waals surface area contributed by atoms with E-state index in [1.807, 2.05) is 54.9 Å². The molecule has 0 amide bonds. The van der Waals surface area contributed by atoms with E-state index in [2.05, 4.69) is 90.1 Å². The number of benzene rings is 5. The molecular formula is C39H26N2O2. The standard InChI is InChI=1S/C39H26N2O2/c1-39(2)32-15-5-3-11-26(32)30-21-34-31(20-33(30)39)27-17-18-40-22-35(27)41(34)24-10-7-9-23(19-24)25-13-8-14-29-37(42)28-12-4-6-16-36(28)43-38(25)29/h3-22H,1-2H3. The largest absolute Gasteiger partial charge is 0.455 e.